The van der Waals surface area contributed by atoms with E-state index in [2.05, 4.69) is 20.1 Å². The summed E-state index contributed by atoms with van der Waals surface area (Å²) in [5, 5.41) is 8.33. The number of hydrogen-bond donors (Lipinski definition) is 0. The third-order valence-corrected chi connectivity index (χ3v) is 5.20. The normalized spacial score (nSPS) is 17.9. The number of aromatic nitrogens is 3. The maximum Gasteiger partial charge on any atom is 0.433 e. The predicted molar refractivity (Wildman–Crippen MR) is 102 cm³/mol. The molecule has 2 aromatic heterocycles. The Labute approximate surface area is 171 Å². The Morgan fingerprint density at radius 1 is 0.967 bits per heavy atom. The third-order valence-electron chi connectivity index (χ3n) is 5.20. The van der Waals surface area contributed by atoms with E-state index in [9.17, 15) is 18.0 Å². The van der Waals surface area contributed by atoms with Crippen LogP contribution in [0.25, 0.3) is 0 Å². The second-order valence-corrected chi connectivity index (χ2v) is 7.08. The molecule has 2 aromatic rings. The molecule has 2 aliphatic heterocycles. The standard InChI is InChI=1S/C19H21F3N6O2/c20-19(21,22)16-2-1-14(12-23-16)18(29)28-5-3-27(4-6-28)17-11-15(13-24-25-17)26-7-9-30-10-8-26/h1-2,11-13H,3-10H2. The molecule has 0 aliphatic carbocycles. The lowest BCUT2D eigenvalue weighted by Crippen LogP contribution is -2.49. The molecule has 2 saturated heterocycles. The molecule has 160 valence electrons. The Bertz CT molecular complexity index is 879. The van der Waals surface area contributed by atoms with Gasteiger partial charge in [-0.05, 0) is 12.1 Å². The first-order valence-corrected chi connectivity index (χ1v) is 9.65. The van der Waals surface area contributed by atoms with Gasteiger partial charge in [0.25, 0.3) is 5.91 Å². The van der Waals surface area contributed by atoms with Crippen LogP contribution < -0.4 is 9.80 Å². The first-order chi connectivity index (χ1) is 14.4. The number of rotatable bonds is 3. The van der Waals surface area contributed by atoms with E-state index < -0.39 is 11.9 Å². The Morgan fingerprint density at radius 2 is 1.70 bits per heavy atom. The van der Waals surface area contributed by atoms with Gasteiger partial charge >= 0.3 is 6.18 Å². The highest BCUT2D eigenvalue weighted by Crippen LogP contribution is 2.27. The lowest BCUT2D eigenvalue weighted by molar-refractivity contribution is -0.141. The third kappa shape index (κ3) is 4.45. The molecule has 30 heavy (non-hydrogen) atoms. The minimum atomic E-state index is -4.52. The lowest BCUT2D eigenvalue weighted by atomic mass is 10.2. The van der Waals surface area contributed by atoms with Gasteiger partial charge in [-0.25, -0.2) is 0 Å². The van der Waals surface area contributed by atoms with Crippen molar-refractivity contribution < 1.29 is 22.7 Å². The number of piperazine rings is 1. The second-order valence-electron chi connectivity index (χ2n) is 7.08. The largest absolute Gasteiger partial charge is 0.433 e. The van der Waals surface area contributed by atoms with Crippen LogP contribution >= 0.6 is 0 Å². The summed E-state index contributed by atoms with van der Waals surface area (Å²) in [4.78, 5) is 21.8. The number of ether oxygens (including phenoxy) is 1. The lowest BCUT2D eigenvalue weighted by Gasteiger charge is -2.35. The molecule has 11 heteroatoms. The second kappa shape index (κ2) is 8.42. The fourth-order valence-electron chi connectivity index (χ4n) is 3.50. The first kappa shape index (κ1) is 20.3. The van der Waals surface area contributed by atoms with Gasteiger partial charge in [0.15, 0.2) is 5.82 Å². The van der Waals surface area contributed by atoms with E-state index in [-0.39, 0.29) is 11.5 Å². The molecular weight excluding hydrogens is 401 g/mol. The van der Waals surface area contributed by atoms with E-state index >= 15 is 0 Å². The van der Waals surface area contributed by atoms with Crippen molar-refractivity contribution in [3.63, 3.8) is 0 Å². The number of alkyl halides is 3. The minimum Gasteiger partial charge on any atom is -0.378 e. The molecule has 0 radical (unpaired) electrons. The van der Waals surface area contributed by atoms with Crippen LogP contribution in [0.1, 0.15) is 16.1 Å². The molecule has 1 amide bonds. The zero-order valence-electron chi connectivity index (χ0n) is 16.2. The SMILES string of the molecule is O=C(c1ccc(C(F)(F)F)nc1)N1CCN(c2cc(N3CCOCC3)cnn2)CC1. The van der Waals surface area contributed by atoms with Crippen LogP contribution in [0, 0.1) is 0 Å². The minimum absolute atomic E-state index is 0.144. The van der Waals surface area contributed by atoms with Crippen molar-refractivity contribution in [1.82, 2.24) is 20.1 Å². The van der Waals surface area contributed by atoms with Crippen LogP contribution in [0.15, 0.2) is 30.6 Å². The van der Waals surface area contributed by atoms with Crippen LogP contribution in [-0.4, -0.2) is 78.5 Å². The van der Waals surface area contributed by atoms with Gasteiger partial charge in [-0.3, -0.25) is 9.78 Å². The van der Waals surface area contributed by atoms with Gasteiger partial charge in [-0.2, -0.15) is 18.3 Å². The van der Waals surface area contributed by atoms with E-state index in [0.717, 1.165) is 36.9 Å². The van der Waals surface area contributed by atoms with Gasteiger partial charge in [-0.1, -0.05) is 0 Å². The molecule has 0 N–H and O–H groups in total. The maximum atomic E-state index is 12.6. The predicted octanol–water partition coefficient (Wildman–Crippen LogP) is 1.69. The summed E-state index contributed by atoms with van der Waals surface area (Å²) >= 11 is 0. The Balaban J connectivity index is 1.37. The number of amides is 1. The topological polar surface area (TPSA) is 74.7 Å². The number of pyridine rings is 1. The van der Waals surface area contributed by atoms with Crippen molar-refractivity contribution in [3.8, 4) is 0 Å². The number of halogens is 3. The van der Waals surface area contributed by atoms with Gasteiger partial charge in [0.05, 0.1) is 30.7 Å². The molecule has 4 rings (SSSR count). The summed E-state index contributed by atoms with van der Waals surface area (Å²) < 4.78 is 43.3. The van der Waals surface area contributed by atoms with Gasteiger partial charge < -0.3 is 19.4 Å². The average molecular weight is 422 g/mol. The summed E-state index contributed by atoms with van der Waals surface area (Å²) in [6.07, 6.45) is -1.81. The monoisotopic (exact) mass is 422 g/mol. The number of anilines is 2. The molecule has 2 aliphatic rings. The van der Waals surface area contributed by atoms with Crippen molar-refractivity contribution in [2.75, 3.05) is 62.3 Å². The number of hydrogen-bond acceptors (Lipinski definition) is 7. The summed E-state index contributed by atoms with van der Waals surface area (Å²) in [5.74, 6) is 0.409. The number of morpholine rings is 1. The van der Waals surface area contributed by atoms with Crippen LogP contribution in [0.2, 0.25) is 0 Å². The van der Waals surface area contributed by atoms with Crippen LogP contribution in [-0.2, 0) is 10.9 Å². The fourth-order valence-corrected chi connectivity index (χ4v) is 3.50. The summed E-state index contributed by atoms with van der Waals surface area (Å²) in [6.45, 7) is 4.94. The van der Waals surface area contributed by atoms with Crippen LogP contribution in [0.4, 0.5) is 24.7 Å². The Hall–Kier alpha value is -2.95. The zero-order chi connectivity index (χ0) is 21.1. The molecule has 0 aromatic carbocycles. The molecule has 8 nitrogen and oxygen atoms in total. The highest BCUT2D eigenvalue weighted by atomic mass is 19.4. The summed E-state index contributed by atoms with van der Waals surface area (Å²) in [7, 11) is 0. The number of carbonyl (C=O) groups is 1. The zero-order valence-corrected chi connectivity index (χ0v) is 16.2. The van der Waals surface area contributed by atoms with E-state index in [1.54, 1.807) is 11.1 Å². The molecule has 0 unspecified atom stereocenters. The molecule has 0 spiro atoms. The molecular formula is C19H21F3N6O2. The van der Waals surface area contributed by atoms with Crippen molar-refractivity contribution in [1.29, 1.82) is 0 Å². The molecule has 4 heterocycles. The Kier molecular flexibility index (Phi) is 5.71. The summed E-state index contributed by atoms with van der Waals surface area (Å²) in [6, 6.07) is 3.98. The van der Waals surface area contributed by atoms with Crippen molar-refractivity contribution in [2.24, 2.45) is 0 Å². The number of carbonyl (C=O) groups excluding carboxylic acids is 1. The highest BCUT2D eigenvalue weighted by Gasteiger charge is 2.32. The van der Waals surface area contributed by atoms with Crippen molar-refractivity contribution >= 4 is 17.4 Å². The van der Waals surface area contributed by atoms with Gasteiger partial charge in [0, 0.05) is 51.5 Å². The van der Waals surface area contributed by atoms with E-state index in [1.165, 1.54) is 6.07 Å². The fraction of sp³-hybridized carbons (Fsp3) is 0.474. The molecule has 2 fully saturated rings. The van der Waals surface area contributed by atoms with Crippen molar-refractivity contribution in [3.05, 3.63) is 41.9 Å². The molecule has 0 bridgehead atoms. The van der Waals surface area contributed by atoms with Crippen LogP contribution in [0.3, 0.4) is 0 Å². The smallest absolute Gasteiger partial charge is 0.378 e. The maximum absolute atomic E-state index is 12.6. The van der Waals surface area contributed by atoms with Gasteiger partial charge in [0.1, 0.15) is 5.69 Å². The number of nitrogens with zero attached hydrogens (tertiary/aromatic N) is 6. The molecule has 0 saturated carbocycles. The average Bonchev–Trinajstić information content (AvgIpc) is 2.79. The summed E-state index contributed by atoms with van der Waals surface area (Å²) in [5.41, 5.74) is 0.116. The van der Waals surface area contributed by atoms with E-state index in [1.807, 2.05) is 11.0 Å². The van der Waals surface area contributed by atoms with E-state index in [0.29, 0.717) is 39.4 Å². The quantitative estimate of drug-likeness (QED) is 0.745. The molecule has 0 atom stereocenters. The highest BCUT2D eigenvalue weighted by molar-refractivity contribution is 5.94. The first-order valence-electron chi connectivity index (χ1n) is 9.65. The van der Waals surface area contributed by atoms with E-state index in [4.69, 9.17) is 4.74 Å². The van der Waals surface area contributed by atoms with Crippen LogP contribution in [0.5, 0.6) is 0 Å². The van der Waals surface area contributed by atoms with Gasteiger partial charge in [0.2, 0.25) is 0 Å². The van der Waals surface area contributed by atoms with Gasteiger partial charge in [-0.15, -0.1) is 5.10 Å². The van der Waals surface area contributed by atoms with Crippen molar-refractivity contribution in [2.45, 2.75) is 6.18 Å². The Morgan fingerprint density at radius 3 is 2.33 bits per heavy atom.